The highest BCUT2D eigenvalue weighted by molar-refractivity contribution is 6.35. The molecular weight excluding hydrogens is 407 g/mol. The summed E-state index contributed by atoms with van der Waals surface area (Å²) >= 11 is 12.3. The Morgan fingerprint density at radius 2 is 1.45 bits per heavy atom. The van der Waals surface area contributed by atoms with Crippen LogP contribution in [0.5, 0.6) is 0 Å². The molecular formula is C23H16Cl2N2O2. The van der Waals surface area contributed by atoms with Gasteiger partial charge >= 0.3 is 5.97 Å². The molecule has 4 rings (SSSR count). The molecule has 0 aliphatic rings. The first-order valence-corrected chi connectivity index (χ1v) is 9.64. The zero-order valence-corrected chi connectivity index (χ0v) is 16.9. The third kappa shape index (κ3) is 3.90. The van der Waals surface area contributed by atoms with Crippen molar-refractivity contribution in [1.29, 1.82) is 0 Å². The zero-order valence-electron chi connectivity index (χ0n) is 15.4. The summed E-state index contributed by atoms with van der Waals surface area (Å²) in [6.07, 6.45) is 0. The average Bonchev–Trinajstić information content (AvgIpc) is 3.14. The largest absolute Gasteiger partial charge is 0.476 e. The predicted molar refractivity (Wildman–Crippen MR) is 116 cm³/mol. The minimum Gasteiger partial charge on any atom is -0.476 e. The molecule has 0 aliphatic heterocycles. The lowest BCUT2D eigenvalue weighted by molar-refractivity contribution is 0.0690. The molecule has 29 heavy (non-hydrogen) atoms. The Kier molecular flexibility index (Phi) is 5.14. The van der Waals surface area contributed by atoms with Crippen molar-refractivity contribution in [3.05, 3.63) is 94.1 Å². The van der Waals surface area contributed by atoms with E-state index in [4.69, 9.17) is 23.2 Å². The van der Waals surface area contributed by atoms with Crippen molar-refractivity contribution in [3.8, 4) is 28.1 Å². The topological polar surface area (TPSA) is 55.1 Å². The summed E-state index contributed by atoms with van der Waals surface area (Å²) in [7, 11) is 0. The van der Waals surface area contributed by atoms with Crippen LogP contribution in [0.15, 0.2) is 72.8 Å². The Bertz CT molecular complexity index is 1200. The summed E-state index contributed by atoms with van der Waals surface area (Å²) in [5.41, 5.74) is 5.34. The number of hydrogen-bond acceptors (Lipinski definition) is 2. The molecule has 4 nitrogen and oxygen atoms in total. The van der Waals surface area contributed by atoms with E-state index in [1.54, 1.807) is 18.2 Å². The van der Waals surface area contributed by atoms with Crippen LogP contribution in [-0.4, -0.2) is 20.9 Å². The average molecular weight is 423 g/mol. The van der Waals surface area contributed by atoms with E-state index in [2.05, 4.69) is 36.3 Å². The van der Waals surface area contributed by atoms with Crippen LogP contribution in [-0.2, 0) is 0 Å². The number of carbonyl (C=O) groups is 1. The third-order valence-electron chi connectivity index (χ3n) is 4.63. The van der Waals surface area contributed by atoms with Gasteiger partial charge in [0.05, 0.1) is 16.4 Å². The lowest BCUT2D eigenvalue weighted by atomic mass is 10.0. The van der Waals surface area contributed by atoms with Gasteiger partial charge in [-0.05, 0) is 42.3 Å². The fraction of sp³-hybridized carbons (Fsp3) is 0.0435. The van der Waals surface area contributed by atoms with E-state index in [1.165, 1.54) is 16.3 Å². The molecule has 1 N–H and O–H groups in total. The van der Waals surface area contributed by atoms with E-state index >= 15 is 0 Å². The summed E-state index contributed by atoms with van der Waals surface area (Å²) in [5, 5.41) is 14.5. The smallest absolute Gasteiger partial charge is 0.356 e. The number of rotatable bonds is 4. The molecule has 0 fully saturated rings. The fourth-order valence-corrected chi connectivity index (χ4v) is 3.60. The minimum absolute atomic E-state index is 0.0615. The molecule has 0 aliphatic carbocycles. The van der Waals surface area contributed by atoms with Crippen LogP contribution in [0.3, 0.4) is 0 Å². The van der Waals surface area contributed by atoms with E-state index in [0.29, 0.717) is 21.4 Å². The van der Waals surface area contributed by atoms with Gasteiger partial charge in [-0.2, -0.15) is 5.10 Å². The van der Waals surface area contributed by atoms with Gasteiger partial charge in [-0.15, -0.1) is 0 Å². The molecule has 0 atom stereocenters. The summed E-state index contributed by atoms with van der Waals surface area (Å²) in [6.45, 7) is 2.05. The molecule has 1 heterocycles. The van der Waals surface area contributed by atoms with Crippen LogP contribution in [0, 0.1) is 6.92 Å². The highest BCUT2D eigenvalue weighted by Crippen LogP contribution is 2.31. The normalized spacial score (nSPS) is 10.9. The van der Waals surface area contributed by atoms with E-state index in [-0.39, 0.29) is 5.69 Å². The summed E-state index contributed by atoms with van der Waals surface area (Å²) < 4.78 is 1.53. The molecule has 3 aromatic carbocycles. The number of aromatic carboxylic acids is 1. The highest BCUT2D eigenvalue weighted by atomic mass is 35.5. The molecule has 6 heteroatoms. The van der Waals surface area contributed by atoms with Crippen molar-refractivity contribution in [2.75, 3.05) is 0 Å². The van der Waals surface area contributed by atoms with Crippen molar-refractivity contribution in [1.82, 2.24) is 9.78 Å². The first kappa shape index (κ1) is 19.2. The number of aryl methyl sites for hydroxylation is 1. The van der Waals surface area contributed by atoms with Crippen molar-refractivity contribution in [2.45, 2.75) is 6.92 Å². The molecule has 0 unspecified atom stereocenters. The first-order valence-electron chi connectivity index (χ1n) is 8.88. The van der Waals surface area contributed by atoms with Gasteiger partial charge in [0.1, 0.15) is 0 Å². The van der Waals surface area contributed by atoms with E-state index < -0.39 is 5.97 Å². The first-order chi connectivity index (χ1) is 13.9. The number of carboxylic acid groups (broad SMARTS) is 1. The number of hydrogen-bond donors (Lipinski definition) is 1. The maximum absolute atomic E-state index is 11.5. The fourth-order valence-electron chi connectivity index (χ4n) is 3.11. The van der Waals surface area contributed by atoms with Gasteiger partial charge in [-0.25, -0.2) is 9.48 Å². The van der Waals surface area contributed by atoms with Gasteiger partial charge in [-0.1, -0.05) is 77.3 Å². The Balaban J connectivity index is 1.80. The second-order valence-electron chi connectivity index (χ2n) is 6.67. The van der Waals surface area contributed by atoms with Crippen LogP contribution in [0.25, 0.3) is 28.1 Å². The second kappa shape index (κ2) is 7.74. The maximum atomic E-state index is 11.5. The van der Waals surface area contributed by atoms with Crippen molar-refractivity contribution in [3.63, 3.8) is 0 Å². The van der Waals surface area contributed by atoms with E-state index in [9.17, 15) is 9.90 Å². The molecule has 0 radical (unpaired) electrons. The predicted octanol–water partition coefficient (Wildman–Crippen LogP) is 6.52. The lowest BCUT2D eigenvalue weighted by Gasteiger charge is -2.10. The number of nitrogens with zero attached hydrogens (tertiary/aromatic N) is 2. The minimum atomic E-state index is -1.11. The SMILES string of the molecule is Cc1ccc(-c2ccc(-c3cc(C(=O)O)nn3-c3ccc(Cl)cc3Cl)cc2)cc1. The van der Waals surface area contributed by atoms with Crippen LogP contribution in [0.1, 0.15) is 16.1 Å². The molecule has 144 valence electrons. The van der Waals surface area contributed by atoms with Crippen LogP contribution < -0.4 is 0 Å². The molecule has 1 aromatic heterocycles. The van der Waals surface area contributed by atoms with Crippen molar-refractivity contribution < 1.29 is 9.90 Å². The Morgan fingerprint density at radius 1 is 0.862 bits per heavy atom. The maximum Gasteiger partial charge on any atom is 0.356 e. The number of aromatic nitrogens is 2. The second-order valence-corrected chi connectivity index (χ2v) is 7.51. The Labute approximate surface area is 178 Å². The van der Waals surface area contributed by atoms with Crippen LogP contribution >= 0.6 is 23.2 Å². The van der Waals surface area contributed by atoms with Crippen LogP contribution in [0.4, 0.5) is 0 Å². The third-order valence-corrected chi connectivity index (χ3v) is 5.17. The molecule has 0 amide bonds. The number of carboxylic acids is 1. The summed E-state index contributed by atoms with van der Waals surface area (Å²) in [6, 6.07) is 22.7. The summed E-state index contributed by atoms with van der Waals surface area (Å²) in [5.74, 6) is -1.11. The lowest BCUT2D eigenvalue weighted by Crippen LogP contribution is -2.03. The quantitative estimate of drug-likeness (QED) is 0.407. The van der Waals surface area contributed by atoms with E-state index in [0.717, 1.165) is 16.7 Å². The zero-order chi connectivity index (χ0) is 20.5. The molecule has 0 saturated heterocycles. The van der Waals surface area contributed by atoms with E-state index in [1.807, 2.05) is 24.3 Å². The van der Waals surface area contributed by atoms with Crippen LogP contribution in [0.2, 0.25) is 10.0 Å². The molecule has 4 aromatic rings. The standard InChI is InChI=1S/C23H16Cl2N2O2/c1-14-2-4-15(5-3-14)16-6-8-17(9-7-16)22-13-20(23(28)29)26-27(22)21-11-10-18(24)12-19(21)25/h2-13H,1H3,(H,28,29). The highest BCUT2D eigenvalue weighted by Gasteiger charge is 2.18. The molecule has 0 spiro atoms. The Morgan fingerprint density at radius 3 is 2.03 bits per heavy atom. The van der Waals surface area contributed by atoms with Gasteiger partial charge < -0.3 is 5.11 Å². The van der Waals surface area contributed by atoms with Gasteiger partial charge in [0.15, 0.2) is 5.69 Å². The summed E-state index contributed by atoms with van der Waals surface area (Å²) in [4.78, 5) is 11.5. The molecule has 0 bridgehead atoms. The van der Waals surface area contributed by atoms with Gasteiger partial charge in [-0.3, -0.25) is 0 Å². The monoisotopic (exact) mass is 422 g/mol. The Hall–Kier alpha value is -3.08. The number of benzene rings is 3. The van der Waals surface area contributed by atoms with Gasteiger partial charge in [0.2, 0.25) is 0 Å². The number of halogens is 2. The van der Waals surface area contributed by atoms with Gasteiger partial charge in [0, 0.05) is 10.6 Å². The van der Waals surface area contributed by atoms with Crippen molar-refractivity contribution in [2.24, 2.45) is 0 Å². The van der Waals surface area contributed by atoms with Crippen molar-refractivity contribution >= 4 is 29.2 Å². The van der Waals surface area contributed by atoms with Gasteiger partial charge in [0.25, 0.3) is 0 Å². The molecule has 0 saturated carbocycles.